The minimum Gasteiger partial charge on any atom is -0.367 e. The second-order valence-corrected chi connectivity index (χ2v) is 8.51. The van der Waals surface area contributed by atoms with Crippen molar-refractivity contribution in [2.24, 2.45) is 11.7 Å². The molecule has 4 nitrogen and oxygen atoms in total. The fourth-order valence-electron chi connectivity index (χ4n) is 5.41. The van der Waals surface area contributed by atoms with E-state index in [1.165, 1.54) is 6.92 Å². The van der Waals surface area contributed by atoms with Crippen LogP contribution in [0.15, 0.2) is 36.6 Å². The topological polar surface area (TPSA) is 49.6 Å². The number of hydrogen-bond donors (Lipinski definition) is 1. The van der Waals surface area contributed by atoms with Gasteiger partial charge in [0.2, 0.25) is 5.91 Å². The van der Waals surface area contributed by atoms with Crippen molar-refractivity contribution in [3.05, 3.63) is 59.1 Å². The minimum absolute atomic E-state index is 0.0401. The number of carbonyl (C=O) groups excluding carboxylic acids is 1. The lowest BCUT2D eigenvalue weighted by Crippen LogP contribution is -2.43. The lowest BCUT2D eigenvalue weighted by atomic mass is 9.91. The summed E-state index contributed by atoms with van der Waals surface area (Å²) >= 11 is 0. The number of amides is 1. The molecule has 0 bridgehead atoms. The van der Waals surface area contributed by atoms with Gasteiger partial charge in [0.25, 0.3) is 0 Å². The van der Waals surface area contributed by atoms with Gasteiger partial charge in [0.1, 0.15) is 5.82 Å². The van der Waals surface area contributed by atoms with E-state index in [0.29, 0.717) is 13.1 Å². The number of halogens is 4. The molecule has 2 unspecified atom stereocenters. The Labute approximate surface area is 178 Å². The van der Waals surface area contributed by atoms with Gasteiger partial charge in [0.05, 0.1) is 11.7 Å². The average Bonchev–Trinajstić information content (AvgIpc) is 3.28. The van der Waals surface area contributed by atoms with E-state index in [0.717, 1.165) is 31.1 Å². The molecular weight excluding hydrogens is 410 g/mol. The van der Waals surface area contributed by atoms with E-state index in [1.807, 2.05) is 4.90 Å². The molecule has 4 rings (SSSR count). The van der Waals surface area contributed by atoms with Crippen LogP contribution in [0.4, 0.5) is 23.2 Å². The van der Waals surface area contributed by atoms with E-state index in [-0.39, 0.29) is 39.9 Å². The molecule has 1 aliphatic carbocycles. The summed E-state index contributed by atoms with van der Waals surface area (Å²) < 4.78 is 56.2. The van der Waals surface area contributed by atoms with Gasteiger partial charge in [0, 0.05) is 48.5 Å². The largest absolute Gasteiger partial charge is 0.413 e. The van der Waals surface area contributed by atoms with Gasteiger partial charge in [-0.1, -0.05) is 13.2 Å². The molecule has 166 valence electrons. The van der Waals surface area contributed by atoms with Crippen molar-refractivity contribution in [3.63, 3.8) is 0 Å². The Balaban J connectivity index is 1.81. The Morgan fingerprint density at radius 1 is 1.32 bits per heavy atom. The first-order valence-corrected chi connectivity index (χ1v) is 10.3. The molecule has 0 spiro atoms. The molecule has 2 heterocycles. The zero-order valence-electron chi connectivity index (χ0n) is 17.4. The molecule has 1 aromatic carbocycles. The van der Waals surface area contributed by atoms with Crippen molar-refractivity contribution >= 4 is 17.2 Å². The van der Waals surface area contributed by atoms with Crippen molar-refractivity contribution in [3.8, 4) is 0 Å². The number of allylic oxidation sites excluding steroid dienone is 3. The van der Waals surface area contributed by atoms with E-state index in [1.54, 1.807) is 6.08 Å². The van der Waals surface area contributed by atoms with Gasteiger partial charge >= 0.3 is 6.18 Å². The Bertz CT molecular complexity index is 1010. The van der Waals surface area contributed by atoms with Gasteiger partial charge in [0.15, 0.2) is 0 Å². The van der Waals surface area contributed by atoms with Gasteiger partial charge in [-0.05, 0) is 49.0 Å². The first kappa shape index (κ1) is 21.5. The van der Waals surface area contributed by atoms with E-state index >= 15 is 4.39 Å². The average molecular weight is 435 g/mol. The predicted molar refractivity (Wildman–Crippen MR) is 112 cm³/mol. The molecule has 8 heteroatoms. The molecule has 1 amide bonds. The van der Waals surface area contributed by atoms with E-state index < -0.39 is 29.9 Å². The first-order valence-electron chi connectivity index (χ1n) is 10.3. The number of anilines is 1. The second-order valence-electron chi connectivity index (χ2n) is 8.51. The zero-order valence-corrected chi connectivity index (χ0v) is 17.4. The number of fused-ring (bicyclic) bond motifs is 2. The Kier molecular flexibility index (Phi) is 5.14. The van der Waals surface area contributed by atoms with Crippen molar-refractivity contribution in [2.45, 2.75) is 38.4 Å². The van der Waals surface area contributed by atoms with Gasteiger partial charge in [-0.15, -0.1) is 0 Å². The molecule has 0 radical (unpaired) electrons. The Morgan fingerprint density at radius 3 is 2.65 bits per heavy atom. The molecule has 2 aliphatic heterocycles. The van der Waals surface area contributed by atoms with Crippen LogP contribution >= 0.6 is 0 Å². The molecule has 1 aromatic rings. The minimum atomic E-state index is -4.57. The maximum Gasteiger partial charge on any atom is 0.413 e. The summed E-state index contributed by atoms with van der Waals surface area (Å²) in [5.41, 5.74) is 5.65. The van der Waals surface area contributed by atoms with Gasteiger partial charge < -0.3 is 15.5 Å². The van der Waals surface area contributed by atoms with Crippen LogP contribution in [-0.4, -0.2) is 42.7 Å². The van der Waals surface area contributed by atoms with Crippen molar-refractivity contribution in [1.29, 1.82) is 0 Å². The standard InChI is InChI=1S/C23H25F4N3O/c1-4-12(2)30-7-5-6-14-10-29(11-19(14)30)21-18(24)9-16(22(28)31)15-8-17(23(25,26)27)13(3)20(15)21/h4,9,14,19H,1-2,5-8,10-11H2,3H3,(H2,28,31). The zero-order chi connectivity index (χ0) is 22.7. The summed E-state index contributed by atoms with van der Waals surface area (Å²) in [7, 11) is 0. The third-order valence-corrected chi connectivity index (χ3v) is 6.85. The fraction of sp³-hybridized carbons (Fsp3) is 0.435. The van der Waals surface area contributed by atoms with Gasteiger partial charge in [-0.2, -0.15) is 13.2 Å². The quantitative estimate of drug-likeness (QED) is 0.563. The molecular formula is C23H25F4N3O. The maximum absolute atomic E-state index is 15.3. The SMILES string of the molecule is C=CC(=C)N1CCCC2CN(c3c(F)cc(C(N)=O)c4c3C(C)=C(C(F)(F)F)C4)CC21. The monoisotopic (exact) mass is 435 g/mol. The normalized spacial score (nSPS) is 23.1. The predicted octanol–water partition coefficient (Wildman–Crippen LogP) is 4.42. The van der Waals surface area contributed by atoms with Gasteiger partial charge in [-0.25, -0.2) is 4.39 Å². The number of primary amides is 1. The van der Waals surface area contributed by atoms with Crippen LogP contribution in [0.3, 0.4) is 0 Å². The van der Waals surface area contributed by atoms with Crippen LogP contribution in [0.5, 0.6) is 0 Å². The van der Waals surface area contributed by atoms with E-state index in [4.69, 9.17) is 5.73 Å². The molecule has 2 N–H and O–H groups in total. The third kappa shape index (κ3) is 3.42. The number of nitrogens with zero attached hydrogens (tertiary/aromatic N) is 2. The smallest absolute Gasteiger partial charge is 0.367 e. The number of hydrogen-bond acceptors (Lipinski definition) is 3. The summed E-state index contributed by atoms with van der Waals surface area (Å²) in [4.78, 5) is 15.9. The first-order chi connectivity index (χ1) is 14.5. The molecule has 3 aliphatic rings. The summed E-state index contributed by atoms with van der Waals surface area (Å²) in [5.74, 6) is -1.41. The highest BCUT2D eigenvalue weighted by molar-refractivity contribution is 5.99. The lowest BCUT2D eigenvalue weighted by molar-refractivity contribution is -0.0921. The van der Waals surface area contributed by atoms with Crippen LogP contribution in [-0.2, 0) is 6.42 Å². The highest BCUT2D eigenvalue weighted by Crippen LogP contribution is 2.48. The fourth-order valence-corrected chi connectivity index (χ4v) is 5.41. The van der Waals surface area contributed by atoms with Crippen LogP contribution in [0.1, 0.15) is 41.3 Å². The molecule has 2 saturated heterocycles. The molecule has 31 heavy (non-hydrogen) atoms. The van der Waals surface area contributed by atoms with Crippen LogP contribution in [0, 0.1) is 11.7 Å². The maximum atomic E-state index is 15.3. The Hall–Kier alpha value is -2.77. The number of piperidine rings is 1. The van der Waals surface area contributed by atoms with E-state index in [2.05, 4.69) is 18.1 Å². The second kappa shape index (κ2) is 7.43. The molecule has 0 aromatic heterocycles. The van der Waals surface area contributed by atoms with Crippen molar-refractivity contribution in [2.75, 3.05) is 24.5 Å². The number of rotatable bonds is 4. The van der Waals surface area contributed by atoms with Crippen LogP contribution in [0.25, 0.3) is 5.57 Å². The number of carbonyl (C=O) groups is 1. The van der Waals surface area contributed by atoms with Crippen molar-refractivity contribution < 1.29 is 22.4 Å². The van der Waals surface area contributed by atoms with Gasteiger partial charge in [-0.3, -0.25) is 4.79 Å². The van der Waals surface area contributed by atoms with Crippen LogP contribution in [0.2, 0.25) is 0 Å². The summed E-state index contributed by atoms with van der Waals surface area (Å²) in [5, 5.41) is 0. The summed E-state index contributed by atoms with van der Waals surface area (Å²) in [6.45, 7) is 11.0. The highest BCUT2D eigenvalue weighted by Gasteiger charge is 2.45. The Morgan fingerprint density at radius 2 is 2.03 bits per heavy atom. The number of likely N-dealkylation sites (tertiary alicyclic amines) is 1. The lowest BCUT2D eigenvalue weighted by Gasteiger charge is -2.38. The number of benzene rings is 1. The molecule has 0 saturated carbocycles. The summed E-state index contributed by atoms with van der Waals surface area (Å²) in [6, 6.07) is 1.07. The van der Waals surface area contributed by atoms with Crippen LogP contribution < -0.4 is 10.6 Å². The number of nitrogens with two attached hydrogens (primary N) is 1. The van der Waals surface area contributed by atoms with E-state index in [9.17, 15) is 18.0 Å². The molecule has 2 atom stereocenters. The number of alkyl halides is 3. The summed E-state index contributed by atoms with van der Waals surface area (Å²) in [6.07, 6.45) is -1.44. The third-order valence-electron chi connectivity index (χ3n) is 6.85. The highest BCUT2D eigenvalue weighted by atomic mass is 19.4. The van der Waals surface area contributed by atoms with Crippen molar-refractivity contribution in [1.82, 2.24) is 4.90 Å². The molecule has 2 fully saturated rings.